The summed E-state index contributed by atoms with van der Waals surface area (Å²) in [6.07, 6.45) is 3.37. The van der Waals surface area contributed by atoms with Crippen molar-refractivity contribution in [2.75, 3.05) is 13.7 Å². The summed E-state index contributed by atoms with van der Waals surface area (Å²) in [5, 5.41) is 13.0. The van der Waals surface area contributed by atoms with Gasteiger partial charge in [-0.3, -0.25) is 4.68 Å². The molecule has 0 aliphatic carbocycles. The summed E-state index contributed by atoms with van der Waals surface area (Å²) in [5.74, 6) is -2.03. The second kappa shape index (κ2) is 5.62. The molecule has 0 atom stereocenters. The summed E-state index contributed by atoms with van der Waals surface area (Å²) in [4.78, 5) is 10.9. The summed E-state index contributed by atoms with van der Waals surface area (Å²) < 4.78 is 19.9. The molecule has 5 nitrogen and oxygen atoms in total. The number of rotatable bonds is 5. The lowest BCUT2D eigenvalue weighted by molar-refractivity contribution is 0.0692. The second-order valence-corrected chi connectivity index (χ2v) is 3.98. The monoisotopic (exact) mass is 264 g/mol. The van der Waals surface area contributed by atoms with Gasteiger partial charge in [0.25, 0.3) is 0 Å². The first kappa shape index (κ1) is 13.2. The predicted octanol–water partition coefficient (Wildman–Crippen LogP) is 2.03. The largest absolute Gasteiger partial charge is 0.478 e. The smallest absolute Gasteiger partial charge is 0.338 e. The molecular formula is C13H13FN2O3. The molecule has 1 N–H and O–H groups in total. The van der Waals surface area contributed by atoms with Gasteiger partial charge >= 0.3 is 5.97 Å². The molecule has 6 heteroatoms. The Labute approximate surface area is 109 Å². The highest BCUT2D eigenvalue weighted by molar-refractivity contribution is 5.89. The highest BCUT2D eigenvalue weighted by Crippen LogP contribution is 2.21. The first-order chi connectivity index (χ1) is 9.11. The standard InChI is InChI=1S/C13H13FN2O3/c1-19-5-4-16-8-10(7-15-16)9-2-3-12(14)11(6-9)13(17)18/h2-3,6-8H,4-5H2,1H3,(H,17,18). The Morgan fingerprint density at radius 3 is 2.95 bits per heavy atom. The van der Waals surface area contributed by atoms with Gasteiger partial charge in [-0.15, -0.1) is 0 Å². The van der Waals surface area contributed by atoms with E-state index in [2.05, 4.69) is 5.10 Å². The topological polar surface area (TPSA) is 64.3 Å². The molecule has 0 amide bonds. The van der Waals surface area contributed by atoms with Crippen molar-refractivity contribution in [1.82, 2.24) is 9.78 Å². The van der Waals surface area contributed by atoms with Crippen LogP contribution in [0.5, 0.6) is 0 Å². The molecule has 0 radical (unpaired) electrons. The molecule has 0 unspecified atom stereocenters. The molecule has 0 aliphatic heterocycles. The van der Waals surface area contributed by atoms with Crippen LogP contribution in [0.4, 0.5) is 4.39 Å². The highest BCUT2D eigenvalue weighted by atomic mass is 19.1. The maximum Gasteiger partial charge on any atom is 0.338 e. The molecule has 0 fully saturated rings. The van der Waals surface area contributed by atoms with Crippen molar-refractivity contribution in [1.29, 1.82) is 0 Å². The number of nitrogens with zero attached hydrogens (tertiary/aromatic N) is 2. The number of carboxylic acid groups (broad SMARTS) is 1. The third-order valence-corrected chi connectivity index (χ3v) is 2.69. The molecule has 2 aromatic rings. The summed E-state index contributed by atoms with van der Waals surface area (Å²) >= 11 is 0. The Kier molecular flexibility index (Phi) is 3.91. The predicted molar refractivity (Wildman–Crippen MR) is 66.5 cm³/mol. The minimum atomic E-state index is -1.29. The fourth-order valence-corrected chi connectivity index (χ4v) is 1.69. The quantitative estimate of drug-likeness (QED) is 0.897. The zero-order chi connectivity index (χ0) is 13.8. The molecule has 100 valence electrons. The van der Waals surface area contributed by atoms with Crippen LogP contribution in [0.25, 0.3) is 11.1 Å². The van der Waals surface area contributed by atoms with Gasteiger partial charge in [0.15, 0.2) is 0 Å². The number of methoxy groups -OCH3 is 1. The third-order valence-electron chi connectivity index (χ3n) is 2.69. The van der Waals surface area contributed by atoms with E-state index in [0.29, 0.717) is 18.7 Å². The number of ether oxygens (including phenoxy) is 1. The number of hydrogen-bond acceptors (Lipinski definition) is 3. The maximum atomic E-state index is 13.3. The van der Waals surface area contributed by atoms with E-state index in [1.807, 2.05) is 0 Å². The van der Waals surface area contributed by atoms with E-state index >= 15 is 0 Å². The average molecular weight is 264 g/mol. The van der Waals surface area contributed by atoms with Gasteiger partial charge < -0.3 is 9.84 Å². The van der Waals surface area contributed by atoms with E-state index in [1.165, 1.54) is 12.1 Å². The molecular weight excluding hydrogens is 251 g/mol. The number of hydrogen-bond donors (Lipinski definition) is 1. The van der Waals surface area contributed by atoms with Gasteiger partial charge in [-0.1, -0.05) is 6.07 Å². The number of halogens is 1. The van der Waals surface area contributed by atoms with E-state index in [9.17, 15) is 9.18 Å². The lowest BCUT2D eigenvalue weighted by Gasteiger charge is -2.01. The minimum absolute atomic E-state index is 0.345. The molecule has 19 heavy (non-hydrogen) atoms. The SMILES string of the molecule is COCCn1cc(-c2ccc(F)c(C(=O)O)c2)cn1. The molecule has 2 rings (SSSR count). The zero-order valence-electron chi connectivity index (χ0n) is 10.3. The summed E-state index contributed by atoms with van der Waals surface area (Å²) in [7, 11) is 1.60. The van der Waals surface area contributed by atoms with Gasteiger partial charge in [0.1, 0.15) is 5.82 Å². The Hall–Kier alpha value is -2.21. The number of carbonyl (C=O) groups is 1. The number of aromatic carboxylic acids is 1. The fraction of sp³-hybridized carbons (Fsp3) is 0.231. The first-order valence-corrected chi connectivity index (χ1v) is 5.66. The van der Waals surface area contributed by atoms with Gasteiger partial charge in [-0.2, -0.15) is 5.10 Å². The zero-order valence-corrected chi connectivity index (χ0v) is 10.3. The van der Waals surface area contributed by atoms with Crippen molar-refractivity contribution in [3.05, 3.63) is 42.0 Å². The van der Waals surface area contributed by atoms with E-state index in [4.69, 9.17) is 9.84 Å². The van der Waals surface area contributed by atoms with Crippen molar-refractivity contribution in [3.63, 3.8) is 0 Å². The van der Waals surface area contributed by atoms with Gasteiger partial charge in [0.2, 0.25) is 0 Å². The summed E-state index contributed by atoms with van der Waals surface area (Å²) in [6.45, 7) is 1.13. The van der Waals surface area contributed by atoms with Crippen molar-refractivity contribution in [3.8, 4) is 11.1 Å². The fourth-order valence-electron chi connectivity index (χ4n) is 1.69. The second-order valence-electron chi connectivity index (χ2n) is 3.98. The first-order valence-electron chi connectivity index (χ1n) is 5.66. The maximum absolute atomic E-state index is 13.3. The van der Waals surface area contributed by atoms with Crippen LogP contribution in [-0.2, 0) is 11.3 Å². The number of aromatic nitrogens is 2. The van der Waals surface area contributed by atoms with Gasteiger partial charge in [0, 0.05) is 18.9 Å². The number of carboxylic acids is 1. The molecule has 0 saturated heterocycles. The Morgan fingerprint density at radius 2 is 2.26 bits per heavy atom. The van der Waals surface area contributed by atoms with Crippen molar-refractivity contribution in [2.45, 2.75) is 6.54 Å². The Morgan fingerprint density at radius 1 is 1.47 bits per heavy atom. The van der Waals surface area contributed by atoms with Crippen LogP contribution in [0.15, 0.2) is 30.6 Å². The Balaban J connectivity index is 2.29. The van der Waals surface area contributed by atoms with E-state index in [0.717, 1.165) is 11.6 Å². The Bertz CT molecular complexity index is 595. The molecule has 1 aromatic carbocycles. The summed E-state index contributed by atoms with van der Waals surface area (Å²) in [6, 6.07) is 3.97. The molecule has 1 aromatic heterocycles. The molecule has 0 bridgehead atoms. The number of benzene rings is 1. The molecule has 1 heterocycles. The van der Waals surface area contributed by atoms with E-state index < -0.39 is 11.8 Å². The molecule has 0 saturated carbocycles. The average Bonchev–Trinajstić information content (AvgIpc) is 2.85. The van der Waals surface area contributed by atoms with Crippen LogP contribution >= 0.6 is 0 Å². The van der Waals surface area contributed by atoms with Crippen LogP contribution in [0.3, 0.4) is 0 Å². The van der Waals surface area contributed by atoms with Crippen LogP contribution < -0.4 is 0 Å². The van der Waals surface area contributed by atoms with E-state index in [-0.39, 0.29) is 5.56 Å². The minimum Gasteiger partial charge on any atom is -0.478 e. The van der Waals surface area contributed by atoms with Crippen LogP contribution in [-0.4, -0.2) is 34.6 Å². The van der Waals surface area contributed by atoms with Crippen LogP contribution in [0, 0.1) is 5.82 Å². The molecule has 0 spiro atoms. The molecule has 0 aliphatic rings. The van der Waals surface area contributed by atoms with Gasteiger partial charge in [-0.25, -0.2) is 9.18 Å². The van der Waals surface area contributed by atoms with E-state index in [1.54, 1.807) is 24.2 Å². The summed E-state index contributed by atoms with van der Waals surface area (Å²) in [5.41, 5.74) is 1.00. The van der Waals surface area contributed by atoms with Crippen molar-refractivity contribution >= 4 is 5.97 Å². The lowest BCUT2D eigenvalue weighted by atomic mass is 10.1. The normalized spacial score (nSPS) is 10.6. The van der Waals surface area contributed by atoms with Gasteiger partial charge in [-0.05, 0) is 17.7 Å². The van der Waals surface area contributed by atoms with Crippen LogP contribution in [0.2, 0.25) is 0 Å². The van der Waals surface area contributed by atoms with Crippen LogP contribution in [0.1, 0.15) is 10.4 Å². The van der Waals surface area contributed by atoms with Crippen molar-refractivity contribution < 1.29 is 19.0 Å². The highest BCUT2D eigenvalue weighted by Gasteiger charge is 2.12. The van der Waals surface area contributed by atoms with Gasteiger partial charge in [0.05, 0.1) is 24.9 Å². The lowest BCUT2D eigenvalue weighted by Crippen LogP contribution is -2.03. The third kappa shape index (κ3) is 2.97. The van der Waals surface area contributed by atoms with Crippen molar-refractivity contribution in [2.24, 2.45) is 0 Å².